The van der Waals surface area contributed by atoms with Crippen LogP contribution in [0.3, 0.4) is 0 Å². The van der Waals surface area contributed by atoms with Gasteiger partial charge in [-0.05, 0) is 29.7 Å². The second-order valence-corrected chi connectivity index (χ2v) is 7.32. The predicted molar refractivity (Wildman–Crippen MR) is 123 cm³/mol. The molecule has 3 nitrogen and oxygen atoms in total. The monoisotopic (exact) mass is 408 g/mol. The molecule has 4 aromatic rings. The molecular formula is C28H24O3. The van der Waals surface area contributed by atoms with Crippen molar-refractivity contribution in [1.82, 2.24) is 0 Å². The molecule has 0 spiro atoms. The molecule has 0 aliphatic heterocycles. The number of hydrogen-bond donors (Lipinski definition) is 0. The summed E-state index contributed by atoms with van der Waals surface area (Å²) in [7, 11) is 0. The Morgan fingerprint density at radius 3 is 1.65 bits per heavy atom. The minimum absolute atomic E-state index is 0.0464. The molecule has 31 heavy (non-hydrogen) atoms. The van der Waals surface area contributed by atoms with Gasteiger partial charge < -0.3 is 9.47 Å². The van der Waals surface area contributed by atoms with Crippen LogP contribution in [0.15, 0.2) is 103 Å². The lowest BCUT2D eigenvalue weighted by Crippen LogP contribution is -2.04. The average molecular weight is 408 g/mol. The molecule has 3 heteroatoms. The summed E-state index contributed by atoms with van der Waals surface area (Å²) >= 11 is 0. The number of ether oxygens (including phenoxy) is 2. The normalized spacial score (nSPS) is 10.5. The summed E-state index contributed by atoms with van der Waals surface area (Å²) in [6, 6.07) is 33.6. The van der Waals surface area contributed by atoms with Crippen molar-refractivity contribution in [1.29, 1.82) is 0 Å². The largest absolute Gasteiger partial charge is 0.488 e. The van der Waals surface area contributed by atoms with E-state index < -0.39 is 0 Å². The lowest BCUT2D eigenvalue weighted by atomic mass is 9.99. The maximum atomic E-state index is 12.4. The van der Waals surface area contributed by atoms with Gasteiger partial charge in [-0.3, -0.25) is 4.79 Å². The lowest BCUT2D eigenvalue weighted by molar-refractivity contribution is 0.101. The van der Waals surface area contributed by atoms with Gasteiger partial charge in [0.1, 0.15) is 24.7 Å². The van der Waals surface area contributed by atoms with Crippen molar-refractivity contribution < 1.29 is 14.3 Å². The summed E-state index contributed by atoms with van der Waals surface area (Å²) < 4.78 is 12.3. The maximum absolute atomic E-state index is 12.4. The summed E-state index contributed by atoms with van der Waals surface area (Å²) in [5.41, 5.74) is 4.51. The summed E-state index contributed by atoms with van der Waals surface area (Å²) in [6.45, 7) is 2.37. The first-order valence-electron chi connectivity index (χ1n) is 10.3. The molecule has 0 N–H and O–H groups in total. The van der Waals surface area contributed by atoms with Gasteiger partial charge in [0.05, 0.1) is 5.56 Å². The molecule has 0 saturated carbocycles. The SMILES string of the molecule is CC(=O)c1cc(-c2ccccc2)c(OCc2ccccc2)cc1OCc1ccccc1. The van der Waals surface area contributed by atoms with Gasteiger partial charge in [-0.1, -0.05) is 91.0 Å². The molecule has 0 unspecified atom stereocenters. The Hall–Kier alpha value is -3.85. The summed E-state index contributed by atoms with van der Waals surface area (Å²) in [5.74, 6) is 1.16. The minimum atomic E-state index is -0.0464. The van der Waals surface area contributed by atoms with E-state index in [1.54, 1.807) is 6.92 Å². The highest BCUT2D eigenvalue weighted by molar-refractivity contribution is 5.99. The number of ketones is 1. The predicted octanol–water partition coefficient (Wildman–Crippen LogP) is 6.71. The Kier molecular flexibility index (Phi) is 6.44. The molecule has 0 saturated heterocycles. The first kappa shape index (κ1) is 20.4. The van der Waals surface area contributed by atoms with Gasteiger partial charge in [0.15, 0.2) is 5.78 Å². The van der Waals surface area contributed by atoms with Crippen molar-refractivity contribution in [2.75, 3.05) is 0 Å². The van der Waals surface area contributed by atoms with E-state index in [4.69, 9.17) is 9.47 Å². The van der Waals surface area contributed by atoms with Crippen LogP contribution in [-0.4, -0.2) is 5.78 Å². The quantitative estimate of drug-likeness (QED) is 0.304. The first-order valence-corrected chi connectivity index (χ1v) is 10.3. The second-order valence-electron chi connectivity index (χ2n) is 7.32. The van der Waals surface area contributed by atoms with Crippen LogP contribution in [0.4, 0.5) is 0 Å². The van der Waals surface area contributed by atoms with Crippen molar-refractivity contribution in [2.24, 2.45) is 0 Å². The van der Waals surface area contributed by atoms with Crippen LogP contribution in [0.1, 0.15) is 28.4 Å². The Labute approximate surface area is 182 Å². The Bertz CT molecular complexity index is 1140. The fourth-order valence-electron chi connectivity index (χ4n) is 3.39. The van der Waals surface area contributed by atoms with E-state index in [1.807, 2.05) is 103 Å². The molecule has 0 aromatic heterocycles. The van der Waals surface area contributed by atoms with Crippen molar-refractivity contribution in [3.05, 3.63) is 120 Å². The molecule has 0 aliphatic carbocycles. The number of rotatable bonds is 8. The van der Waals surface area contributed by atoms with Crippen LogP contribution < -0.4 is 9.47 Å². The number of benzene rings is 4. The van der Waals surface area contributed by atoms with Crippen molar-refractivity contribution in [3.63, 3.8) is 0 Å². The maximum Gasteiger partial charge on any atom is 0.163 e. The van der Waals surface area contributed by atoms with Crippen LogP contribution in [0.5, 0.6) is 11.5 Å². The molecule has 0 fully saturated rings. The lowest BCUT2D eigenvalue weighted by Gasteiger charge is -2.17. The molecular weight excluding hydrogens is 384 g/mol. The zero-order valence-electron chi connectivity index (χ0n) is 17.5. The number of carbonyl (C=O) groups excluding carboxylic acids is 1. The topological polar surface area (TPSA) is 35.5 Å². The van der Waals surface area contributed by atoms with E-state index in [2.05, 4.69) is 0 Å². The van der Waals surface area contributed by atoms with Gasteiger partial charge in [-0.2, -0.15) is 0 Å². The van der Waals surface area contributed by atoms with Crippen LogP contribution in [0.2, 0.25) is 0 Å². The van der Waals surface area contributed by atoms with Crippen LogP contribution in [-0.2, 0) is 13.2 Å². The molecule has 0 amide bonds. The Balaban J connectivity index is 1.71. The van der Waals surface area contributed by atoms with Crippen LogP contribution in [0.25, 0.3) is 11.1 Å². The van der Waals surface area contributed by atoms with Gasteiger partial charge in [0, 0.05) is 11.6 Å². The molecule has 4 rings (SSSR count). The van der Waals surface area contributed by atoms with E-state index in [9.17, 15) is 4.79 Å². The Morgan fingerprint density at radius 2 is 1.13 bits per heavy atom. The molecule has 0 aliphatic rings. The van der Waals surface area contributed by atoms with E-state index in [0.29, 0.717) is 30.3 Å². The highest BCUT2D eigenvalue weighted by Gasteiger charge is 2.17. The third-order valence-electron chi connectivity index (χ3n) is 5.02. The zero-order chi connectivity index (χ0) is 21.5. The van der Waals surface area contributed by atoms with Gasteiger partial charge in [0.25, 0.3) is 0 Å². The van der Waals surface area contributed by atoms with Gasteiger partial charge in [-0.25, -0.2) is 0 Å². The van der Waals surface area contributed by atoms with E-state index in [-0.39, 0.29) is 5.78 Å². The first-order chi connectivity index (χ1) is 15.2. The van der Waals surface area contributed by atoms with Crippen molar-refractivity contribution in [2.45, 2.75) is 20.1 Å². The Morgan fingerprint density at radius 1 is 0.645 bits per heavy atom. The van der Waals surface area contributed by atoms with Gasteiger partial charge in [-0.15, -0.1) is 0 Å². The summed E-state index contributed by atoms with van der Waals surface area (Å²) in [6.07, 6.45) is 0. The highest BCUT2D eigenvalue weighted by Crippen LogP contribution is 2.37. The zero-order valence-corrected chi connectivity index (χ0v) is 17.5. The minimum Gasteiger partial charge on any atom is -0.488 e. The molecule has 0 heterocycles. The van der Waals surface area contributed by atoms with Crippen molar-refractivity contribution in [3.8, 4) is 22.6 Å². The third-order valence-corrected chi connectivity index (χ3v) is 5.02. The van der Waals surface area contributed by atoms with Gasteiger partial charge >= 0.3 is 0 Å². The molecule has 4 aromatic carbocycles. The number of carbonyl (C=O) groups is 1. The highest BCUT2D eigenvalue weighted by atomic mass is 16.5. The third kappa shape index (κ3) is 5.20. The van der Waals surface area contributed by atoms with Gasteiger partial charge in [0.2, 0.25) is 0 Å². The molecule has 154 valence electrons. The average Bonchev–Trinajstić information content (AvgIpc) is 2.83. The number of hydrogen-bond acceptors (Lipinski definition) is 3. The smallest absolute Gasteiger partial charge is 0.163 e. The summed E-state index contributed by atoms with van der Waals surface area (Å²) in [5, 5.41) is 0. The standard InChI is InChI=1S/C28H24O3/c1-21(29)25-17-26(24-15-9-4-10-16-24)28(31-20-23-13-7-3-8-14-23)18-27(25)30-19-22-11-5-2-6-12-22/h2-18H,19-20H2,1H3. The fourth-order valence-corrected chi connectivity index (χ4v) is 3.39. The molecule has 0 atom stereocenters. The van der Waals surface area contributed by atoms with Crippen LogP contribution in [0, 0.1) is 0 Å². The molecule has 0 radical (unpaired) electrons. The van der Waals surface area contributed by atoms with Crippen molar-refractivity contribution >= 4 is 5.78 Å². The fraction of sp³-hybridized carbons (Fsp3) is 0.107. The van der Waals surface area contributed by atoms with E-state index in [0.717, 1.165) is 22.3 Å². The van der Waals surface area contributed by atoms with E-state index in [1.165, 1.54) is 0 Å². The van der Waals surface area contributed by atoms with E-state index >= 15 is 0 Å². The summed E-state index contributed by atoms with van der Waals surface area (Å²) in [4.78, 5) is 12.4. The van der Waals surface area contributed by atoms with Crippen LogP contribution >= 0.6 is 0 Å². The second kappa shape index (κ2) is 9.77. The number of Topliss-reactive ketones (excluding diaryl/α,β-unsaturated/α-hetero) is 1. The molecule has 0 bridgehead atoms.